The maximum absolute atomic E-state index is 2.33. The lowest BCUT2D eigenvalue weighted by molar-refractivity contribution is 1.75. The summed E-state index contributed by atoms with van der Waals surface area (Å²) in [5, 5.41) is 5.69. The average molecular weight is 458 g/mol. The van der Waals surface area contributed by atoms with Crippen molar-refractivity contribution in [1.82, 2.24) is 0 Å². The average Bonchev–Trinajstić information content (AvgIpc) is 2.91. The fourth-order valence-electron chi connectivity index (χ4n) is 4.26. The standard InChI is InChI=1S/C30H25BP2/c1-6-16-26(17-7-1)31(32(27-18-8-2-9-19-27)28-20-10-3-11-21-28)33(29-22-12-4-13-23-29)30-24-14-5-15-25-30/h1-25H. The van der Waals surface area contributed by atoms with Gasteiger partial charge in [-0.05, 0) is 21.2 Å². The first kappa shape index (κ1) is 21.8. The van der Waals surface area contributed by atoms with Crippen LogP contribution in [0.25, 0.3) is 0 Å². The number of rotatable bonds is 7. The van der Waals surface area contributed by atoms with Crippen LogP contribution in [0.4, 0.5) is 0 Å². The van der Waals surface area contributed by atoms with Crippen molar-refractivity contribution in [2.24, 2.45) is 0 Å². The van der Waals surface area contributed by atoms with E-state index in [9.17, 15) is 0 Å². The van der Waals surface area contributed by atoms with Gasteiger partial charge in [0.25, 0.3) is 6.15 Å². The van der Waals surface area contributed by atoms with E-state index < -0.39 is 15.6 Å². The molecule has 0 N–H and O–H groups in total. The van der Waals surface area contributed by atoms with Crippen molar-refractivity contribution in [3.63, 3.8) is 0 Å². The molecule has 0 aromatic heterocycles. The topological polar surface area (TPSA) is 0 Å². The van der Waals surface area contributed by atoms with Crippen molar-refractivity contribution in [3.8, 4) is 0 Å². The maximum Gasteiger partial charge on any atom is 0.252 e. The Kier molecular flexibility index (Phi) is 7.13. The Morgan fingerprint density at radius 3 is 0.818 bits per heavy atom. The molecule has 0 fully saturated rings. The van der Waals surface area contributed by atoms with Crippen molar-refractivity contribution in [2.75, 3.05) is 0 Å². The van der Waals surface area contributed by atoms with Crippen LogP contribution in [0.3, 0.4) is 0 Å². The summed E-state index contributed by atoms with van der Waals surface area (Å²) in [6, 6.07) is 55.7. The fourth-order valence-corrected chi connectivity index (χ4v) is 11.4. The molecule has 0 saturated heterocycles. The Labute approximate surface area is 199 Å². The minimum Gasteiger partial charge on any atom is -0.0673 e. The lowest BCUT2D eigenvalue weighted by Crippen LogP contribution is -2.39. The second-order valence-corrected chi connectivity index (χ2v) is 12.9. The first-order valence-corrected chi connectivity index (χ1v) is 14.1. The molecule has 0 unspecified atom stereocenters. The number of benzene rings is 5. The van der Waals surface area contributed by atoms with Gasteiger partial charge in [-0.2, -0.15) is 0 Å². The molecule has 0 amide bonds. The van der Waals surface area contributed by atoms with Crippen LogP contribution in [0.2, 0.25) is 0 Å². The second kappa shape index (κ2) is 10.8. The summed E-state index contributed by atoms with van der Waals surface area (Å²) in [6.45, 7) is 0. The van der Waals surface area contributed by atoms with Crippen LogP contribution in [0.1, 0.15) is 0 Å². The largest absolute Gasteiger partial charge is 0.252 e. The third kappa shape index (κ3) is 5.01. The van der Waals surface area contributed by atoms with Crippen molar-refractivity contribution < 1.29 is 0 Å². The first-order chi connectivity index (χ1) is 16.4. The van der Waals surface area contributed by atoms with Crippen molar-refractivity contribution in [1.29, 1.82) is 0 Å². The van der Waals surface area contributed by atoms with Crippen LogP contribution in [0.5, 0.6) is 0 Å². The van der Waals surface area contributed by atoms with Gasteiger partial charge >= 0.3 is 0 Å². The van der Waals surface area contributed by atoms with Gasteiger partial charge in [0.15, 0.2) is 0 Å². The number of hydrogen-bond donors (Lipinski definition) is 0. The van der Waals surface area contributed by atoms with Gasteiger partial charge in [-0.25, -0.2) is 0 Å². The van der Waals surface area contributed by atoms with E-state index in [1.807, 2.05) is 0 Å². The van der Waals surface area contributed by atoms with Gasteiger partial charge in [0.05, 0.1) is 0 Å². The molecule has 0 heterocycles. The van der Waals surface area contributed by atoms with Gasteiger partial charge in [-0.3, -0.25) is 0 Å². The summed E-state index contributed by atoms with van der Waals surface area (Å²) in [5.74, 6) is 0. The summed E-state index contributed by atoms with van der Waals surface area (Å²) < 4.78 is 0. The number of hydrogen-bond acceptors (Lipinski definition) is 0. The Balaban J connectivity index is 1.79. The highest BCUT2D eigenvalue weighted by atomic mass is 31.2. The van der Waals surface area contributed by atoms with E-state index in [0.717, 1.165) is 0 Å². The van der Waals surface area contributed by atoms with Crippen LogP contribution < -0.4 is 26.7 Å². The molecule has 0 spiro atoms. The van der Waals surface area contributed by atoms with Gasteiger partial charge in [-0.1, -0.05) is 173 Å². The third-order valence-corrected chi connectivity index (χ3v) is 12.1. The Hall–Kier alpha value is -2.98. The molecule has 5 aromatic carbocycles. The van der Waals surface area contributed by atoms with Crippen molar-refractivity contribution in [2.45, 2.75) is 0 Å². The van der Waals surface area contributed by atoms with Crippen LogP contribution in [0, 0.1) is 0 Å². The lowest BCUT2D eigenvalue weighted by atomic mass is 9.92. The summed E-state index contributed by atoms with van der Waals surface area (Å²) in [4.78, 5) is 0. The molecule has 3 heteroatoms. The van der Waals surface area contributed by atoms with E-state index in [1.165, 1.54) is 26.7 Å². The van der Waals surface area contributed by atoms with Gasteiger partial charge in [-0.15, -0.1) is 0 Å². The van der Waals surface area contributed by atoms with Crippen LogP contribution in [0.15, 0.2) is 152 Å². The summed E-state index contributed by atoms with van der Waals surface area (Å²) in [5.41, 5.74) is 1.41. The molecule has 0 saturated carbocycles. The molecular weight excluding hydrogens is 433 g/mol. The van der Waals surface area contributed by atoms with Crippen LogP contribution >= 0.6 is 15.6 Å². The van der Waals surface area contributed by atoms with Crippen LogP contribution in [-0.4, -0.2) is 6.15 Å². The van der Waals surface area contributed by atoms with Gasteiger partial charge in [0.2, 0.25) is 0 Å². The molecule has 0 nitrogen and oxygen atoms in total. The SMILES string of the molecule is c1ccc(B(P(c2ccccc2)c2ccccc2)P(c2ccccc2)c2ccccc2)cc1. The molecule has 5 rings (SSSR count). The Morgan fingerprint density at radius 2 is 0.545 bits per heavy atom. The molecule has 0 radical (unpaired) electrons. The monoisotopic (exact) mass is 458 g/mol. The molecule has 33 heavy (non-hydrogen) atoms. The highest BCUT2D eigenvalue weighted by Gasteiger charge is 2.38. The fraction of sp³-hybridized carbons (Fsp3) is 0. The van der Waals surface area contributed by atoms with E-state index >= 15 is 0 Å². The Bertz CT molecular complexity index is 1090. The zero-order chi connectivity index (χ0) is 22.3. The molecule has 0 aliphatic rings. The normalized spacial score (nSPS) is 11.0. The molecule has 0 atom stereocenters. The van der Waals surface area contributed by atoms with E-state index in [4.69, 9.17) is 0 Å². The van der Waals surface area contributed by atoms with E-state index in [1.54, 1.807) is 0 Å². The highest BCUT2D eigenvalue weighted by Crippen LogP contribution is 2.52. The lowest BCUT2D eigenvalue weighted by Gasteiger charge is -2.34. The quantitative estimate of drug-likeness (QED) is 0.219. The highest BCUT2D eigenvalue weighted by molar-refractivity contribution is 8.30. The minimum absolute atomic E-state index is 0.353. The molecular formula is C30H25BP2. The summed E-state index contributed by atoms with van der Waals surface area (Å²) in [7, 11) is -1.30. The Morgan fingerprint density at radius 1 is 0.303 bits per heavy atom. The summed E-state index contributed by atoms with van der Waals surface area (Å²) in [6.07, 6.45) is 0.353. The van der Waals surface area contributed by atoms with Gasteiger partial charge < -0.3 is 0 Å². The van der Waals surface area contributed by atoms with E-state index in [-0.39, 0.29) is 0 Å². The first-order valence-electron chi connectivity index (χ1n) is 11.3. The zero-order valence-corrected chi connectivity index (χ0v) is 20.2. The molecule has 0 bridgehead atoms. The predicted molar refractivity (Wildman–Crippen MR) is 150 cm³/mol. The second-order valence-electron chi connectivity index (χ2n) is 7.87. The van der Waals surface area contributed by atoms with Crippen molar-refractivity contribution >= 4 is 48.4 Å². The van der Waals surface area contributed by atoms with Crippen molar-refractivity contribution in [3.05, 3.63) is 152 Å². The molecule has 0 aliphatic heterocycles. The third-order valence-electron chi connectivity index (χ3n) is 5.72. The molecule has 158 valence electrons. The predicted octanol–water partition coefficient (Wildman–Crippen LogP) is 5.65. The van der Waals surface area contributed by atoms with Gasteiger partial charge in [0, 0.05) is 0 Å². The maximum atomic E-state index is 2.33. The summed E-state index contributed by atoms with van der Waals surface area (Å²) >= 11 is 0. The van der Waals surface area contributed by atoms with E-state index in [2.05, 4.69) is 152 Å². The van der Waals surface area contributed by atoms with Gasteiger partial charge in [0.1, 0.15) is 0 Å². The molecule has 0 aliphatic carbocycles. The zero-order valence-electron chi connectivity index (χ0n) is 18.4. The molecule has 5 aromatic rings. The van der Waals surface area contributed by atoms with E-state index in [0.29, 0.717) is 6.15 Å². The minimum atomic E-state index is -0.648. The smallest absolute Gasteiger partial charge is 0.0673 e. The van der Waals surface area contributed by atoms with Crippen LogP contribution in [-0.2, 0) is 0 Å².